The maximum absolute atomic E-state index is 13.3. The number of ether oxygens (including phenoxy) is 1. The van der Waals surface area contributed by atoms with Gasteiger partial charge < -0.3 is 9.26 Å². The lowest BCUT2D eigenvalue weighted by atomic mass is 9.92. The number of likely N-dealkylation sites (tertiary alicyclic amines) is 1. The van der Waals surface area contributed by atoms with Gasteiger partial charge in [-0.3, -0.25) is 4.90 Å². The quantitative estimate of drug-likeness (QED) is 0.743. The molecule has 2 fully saturated rings. The van der Waals surface area contributed by atoms with Gasteiger partial charge >= 0.3 is 0 Å². The van der Waals surface area contributed by atoms with Crippen molar-refractivity contribution in [3.8, 4) is 0 Å². The highest BCUT2D eigenvalue weighted by Crippen LogP contribution is 2.27. The van der Waals surface area contributed by atoms with Crippen LogP contribution in [0.2, 0.25) is 0 Å². The minimum atomic E-state index is -0.509. The number of nitrogens with zero attached hydrogens (tertiary/aromatic N) is 3. The van der Waals surface area contributed by atoms with Crippen molar-refractivity contribution < 1.29 is 18.0 Å². The summed E-state index contributed by atoms with van der Waals surface area (Å²) in [6.45, 7) is 4.03. The Bertz CT molecular complexity index is 749. The van der Waals surface area contributed by atoms with E-state index in [1.165, 1.54) is 12.1 Å². The summed E-state index contributed by atoms with van der Waals surface area (Å²) in [6.07, 6.45) is 5.97. The lowest BCUT2D eigenvalue weighted by Crippen LogP contribution is -2.33. The molecule has 2 aliphatic heterocycles. The largest absolute Gasteiger partial charge is 0.381 e. The highest BCUT2D eigenvalue weighted by atomic mass is 19.1. The summed E-state index contributed by atoms with van der Waals surface area (Å²) in [5.74, 6) is 1.52. The first-order valence-electron chi connectivity index (χ1n) is 10.2. The van der Waals surface area contributed by atoms with Crippen molar-refractivity contribution >= 4 is 0 Å². The Hall–Kier alpha value is -1.86. The highest BCUT2D eigenvalue weighted by molar-refractivity contribution is 5.17. The molecule has 2 aromatic rings. The first-order valence-corrected chi connectivity index (χ1v) is 10.2. The van der Waals surface area contributed by atoms with E-state index >= 15 is 0 Å². The molecule has 2 saturated heterocycles. The molecule has 5 nitrogen and oxygen atoms in total. The van der Waals surface area contributed by atoms with E-state index in [1.54, 1.807) is 0 Å². The van der Waals surface area contributed by atoms with Gasteiger partial charge in [0.15, 0.2) is 5.82 Å². The number of piperidine rings is 1. The summed E-state index contributed by atoms with van der Waals surface area (Å²) in [6, 6.07) is 3.75. The third kappa shape index (κ3) is 5.14. The van der Waals surface area contributed by atoms with Crippen LogP contribution in [0.25, 0.3) is 0 Å². The molecule has 0 aliphatic carbocycles. The van der Waals surface area contributed by atoms with Crippen LogP contribution in [0.4, 0.5) is 8.78 Å². The van der Waals surface area contributed by atoms with Gasteiger partial charge in [0.2, 0.25) is 5.89 Å². The van der Waals surface area contributed by atoms with E-state index in [1.807, 2.05) is 0 Å². The summed E-state index contributed by atoms with van der Waals surface area (Å²) in [5, 5.41) is 4.15. The molecule has 1 aromatic heterocycles. The van der Waals surface area contributed by atoms with Gasteiger partial charge in [-0.2, -0.15) is 4.98 Å². The number of aromatic nitrogens is 2. The van der Waals surface area contributed by atoms with E-state index < -0.39 is 11.6 Å². The molecule has 0 unspecified atom stereocenters. The smallest absolute Gasteiger partial charge is 0.229 e. The normalized spacial score (nSPS) is 19.9. The average Bonchev–Trinajstić information content (AvgIpc) is 3.16. The Morgan fingerprint density at radius 2 is 1.71 bits per heavy atom. The van der Waals surface area contributed by atoms with Crippen molar-refractivity contribution in [2.75, 3.05) is 26.3 Å². The van der Waals surface area contributed by atoms with E-state index in [0.717, 1.165) is 82.6 Å². The molecular formula is C21H27F2N3O2. The van der Waals surface area contributed by atoms with Gasteiger partial charge in [0.25, 0.3) is 0 Å². The van der Waals surface area contributed by atoms with Crippen LogP contribution in [0.1, 0.15) is 55.3 Å². The van der Waals surface area contributed by atoms with Crippen molar-refractivity contribution in [3.63, 3.8) is 0 Å². The second kappa shape index (κ2) is 9.09. The van der Waals surface area contributed by atoms with Crippen LogP contribution in [0.3, 0.4) is 0 Å². The van der Waals surface area contributed by atoms with Gasteiger partial charge in [0.05, 0.1) is 0 Å². The number of benzene rings is 1. The summed E-state index contributed by atoms with van der Waals surface area (Å²) in [4.78, 5) is 6.86. The average molecular weight is 391 g/mol. The van der Waals surface area contributed by atoms with Crippen molar-refractivity contribution in [2.45, 2.75) is 51.0 Å². The van der Waals surface area contributed by atoms with E-state index in [0.29, 0.717) is 23.9 Å². The molecule has 4 rings (SSSR count). The molecule has 152 valence electrons. The molecule has 1 aromatic carbocycles. The molecule has 0 radical (unpaired) electrons. The van der Waals surface area contributed by atoms with Crippen LogP contribution in [-0.4, -0.2) is 41.3 Å². The molecule has 0 spiro atoms. The van der Waals surface area contributed by atoms with E-state index in [2.05, 4.69) is 15.0 Å². The molecule has 0 saturated carbocycles. The number of aryl methyl sites for hydroxylation is 1. The van der Waals surface area contributed by atoms with E-state index in [4.69, 9.17) is 9.26 Å². The van der Waals surface area contributed by atoms with Crippen molar-refractivity contribution in [1.82, 2.24) is 15.0 Å². The molecule has 0 bridgehead atoms. The fourth-order valence-corrected chi connectivity index (χ4v) is 4.21. The van der Waals surface area contributed by atoms with E-state index in [9.17, 15) is 8.78 Å². The predicted octanol–water partition coefficient (Wildman–Crippen LogP) is 4.09. The van der Waals surface area contributed by atoms with Crippen LogP contribution >= 0.6 is 0 Å². The molecule has 3 heterocycles. The first-order chi connectivity index (χ1) is 13.7. The first kappa shape index (κ1) is 19.5. The van der Waals surface area contributed by atoms with Gasteiger partial charge in [-0.05, 0) is 68.8 Å². The Morgan fingerprint density at radius 3 is 2.43 bits per heavy atom. The lowest BCUT2D eigenvalue weighted by molar-refractivity contribution is 0.0778. The number of hydrogen-bond acceptors (Lipinski definition) is 5. The Balaban J connectivity index is 1.21. The maximum Gasteiger partial charge on any atom is 0.229 e. The summed E-state index contributed by atoms with van der Waals surface area (Å²) in [5.41, 5.74) is 0.698. The fraction of sp³-hybridized carbons (Fsp3) is 0.619. The van der Waals surface area contributed by atoms with Crippen molar-refractivity contribution in [3.05, 3.63) is 47.1 Å². The number of halogens is 2. The molecule has 28 heavy (non-hydrogen) atoms. The van der Waals surface area contributed by atoms with Crippen LogP contribution in [0.15, 0.2) is 22.7 Å². The van der Waals surface area contributed by atoms with Crippen molar-refractivity contribution in [1.29, 1.82) is 0 Å². The zero-order valence-electron chi connectivity index (χ0n) is 16.1. The minimum absolute atomic E-state index is 0.339. The monoisotopic (exact) mass is 391 g/mol. The molecule has 0 atom stereocenters. The van der Waals surface area contributed by atoms with Crippen LogP contribution in [0, 0.1) is 17.6 Å². The molecule has 0 amide bonds. The topological polar surface area (TPSA) is 51.4 Å². The van der Waals surface area contributed by atoms with Crippen LogP contribution < -0.4 is 0 Å². The molecule has 2 aliphatic rings. The molecule has 7 heteroatoms. The SMILES string of the molecule is Fc1cc(F)cc(CN2CCC(CCc3noc(C4CCOCC4)n3)CC2)c1. The third-order valence-corrected chi connectivity index (χ3v) is 5.87. The number of hydrogen-bond donors (Lipinski definition) is 0. The van der Waals surface area contributed by atoms with Crippen LogP contribution in [-0.2, 0) is 17.7 Å². The predicted molar refractivity (Wildman–Crippen MR) is 99.8 cm³/mol. The standard InChI is InChI=1S/C21H27F2N3O2/c22-18-11-16(12-19(23)13-18)14-26-7-3-15(4-8-26)1-2-20-24-21(28-25-20)17-5-9-27-10-6-17/h11-13,15,17H,1-10,14H2. The van der Waals surface area contributed by atoms with Gasteiger partial charge in [-0.25, -0.2) is 8.78 Å². The fourth-order valence-electron chi connectivity index (χ4n) is 4.21. The second-order valence-electron chi connectivity index (χ2n) is 7.97. The minimum Gasteiger partial charge on any atom is -0.381 e. The number of rotatable bonds is 6. The second-order valence-corrected chi connectivity index (χ2v) is 7.97. The zero-order chi connectivity index (χ0) is 19.3. The van der Waals surface area contributed by atoms with Gasteiger partial charge in [0, 0.05) is 38.2 Å². The summed E-state index contributed by atoms with van der Waals surface area (Å²) < 4.78 is 37.5. The van der Waals surface area contributed by atoms with Gasteiger partial charge in [-0.15, -0.1) is 0 Å². The Labute approximate surface area is 164 Å². The maximum atomic E-state index is 13.3. The highest BCUT2D eigenvalue weighted by Gasteiger charge is 2.23. The lowest BCUT2D eigenvalue weighted by Gasteiger charge is -2.31. The van der Waals surface area contributed by atoms with Crippen molar-refractivity contribution in [2.24, 2.45) is 5.92 Å². The molecular weight excluding hydrogens is 364 g/mol. The summed E-state index contributed by atoms with van der Waals surface area (Å²) in [7, 11) is 0. The third-order valence-electron chi connectivity index (χ3n) is 5.87. The summed E-state index contributed by atoms with van der Waals surface area (Å²) >= 11 is 0. The Morgan fingerprint density at radius 1 is 1.00 bits per heavy atom. The zero-order valence-corrected chi connectivity index (χ0v) is 16.1. The Kier molecular flexibility index (Phi) is 6.32. The van der Waals surface area contributed by atoms with Crippen LogP contribution in [0.5, 0.6) is 0 Å². The van der Waals surface area contributed by atoms with Gasteiger partial charge in [-0.1, -0.05) is 5.16 Å². The molecule has 0 N–H and O–H groups in total. The van der Waals surface area contributed by atoms with E-state index in [-0.39, 0.29) is 0 Å². The van der Waals surface area contributed by atoms with Gasteiger partial charge in [0.1, 0.15) is 11.6 Å².